The SMILES string of the molecule is COCCOCCCCNc1ncc(N)cc1C(=O)OC. The number of rotatable bonds is 10. The van der Waals surface area contributed by atoms with Crippen LogP contribution in [0.15, 0.2) is 12.3 Å². The molecule has 1 heterocycles. The van der Waals surface area contributed by atoms with E-state index in [1.807, 2.05) is 0 Å². The molecule has 118 valence electrons. The Hall–Kier alpha value is -1.86. The van der Waals surface area contributed by atoms with Crippen molar-refractivity contribution < 1.29 is 19.0 Å². The van der Waals surface area contributed by atoms with Crippen molar-refractivity contribution in [3.63, 3.8) is 0 Å². The zero-order valence-electron chi connectivity index (χ0n) is 12.6. The molecule has 21 heavy (non-hydrogen) atoms. The predicted octanol–water partition coefficient (Wildman–Crippen LogP) is 1.31. The summed E-state index contributed by atoms with van der Waals surface area (Å²) in [4.78, 5) is 15.8. The Morgan fingerprint density at radius 2 is 2.10 bits per heavy atom. The number of methoxy groups -OCH3 is 2. The Bertz CT molecular complexity index is 440. The van der Waals surface area contributed by atoms with Gasteiger partial charge in [-0.2, -0.15) is 0 Å². The molecule has 0 aliphatic rings. The van der Waals surface area contributed by atoms with Gasteiger partial charge in [0.25, 0.3) is 0 Å². The number of hydrogen-bond donors (Lipinski definition) is 2. The molecule has 0 unspecified atom stereocenters. The number of nitrogen functional groups attached to an aromatic ring is 1. The molecule has 0 fully saturated rings. The van der Waals surface area contributed by atoms with Crippen LogP contribution in [0.3, 0.4) is 0 Å². The van der Waals surface area contributed by atoms with Gasteiger partial charge in [-0.05, 0) is 18.9 Å². The molecule has 0 aliphatic heterocycles. The number of carbonyl (C=O) groups is 1. The van der Waals surface area contributed by atoms with E-state index in [9.17, 15) is 4.79 Å². The van der Waals surface area contributed by atoms with Crippen molar-refractivity contribution in [2.24, 2.45) is 0 Å². The number of hydrogen-bond acceptors (Lipinski definition) is 7. The number of esters is 1. The number of carbonyl (C=O) groups excluding carboxylic acids is 1. The normalized spacial score (nSPS) is 10.4. The highest BCUT2D eigenvalue weighted by Crippen LogP contribution is 2.16. The molecule has 0 spiro atoms. The molecule has 0 saturated heterocycles. The van der Waals surface area contributed by atoms with E-state index in [4.69, 9.17) is 19.9 Å². The lowest BCUT2D eigenvalue weighted by atomic mass is 10.2. The summed E-state index contributed by atoms with van der Waals surface area (Å²) >= 11 is 0. The largest absolute Gasteiger partial charge is 0.465 e. The van der Waals surface area contributed by atoms with Crippen LogP contribution in [-0.2, 0) is 14.2 Å². The highest BCUT2D eigenvalue weighted by Gasteiger charge is 2.13. The molecule has 0 amide bonds. The third-order valence-electron chi connectivity index (χ3n) is 2.75. The number of aromatic nitrogens is 1. The topological polar surface area (TPSA) is 95.7 Å². The average Bonchev–Trinajstić information content (AvgIpc) is 2.50. The Kier molecular flexibility index (Phi) is 8.15. The van der Waals surface area contributed by atoms with E-state index >= 15 is 0 Å². The third-order valence-corrected chi connectivity index (χ3v) is 2.75. The summed E-state index contributed by atoms with van der Waals surface area (Å²) in [7, 11) is 2.97. The van der Waals surface area contributed by atoms with E-state index in [1.165, 1.54) is 13.3 Å². The van der Waals surface area contributed by atoms with E-state index < -0.39 is 5.97 Å². The lowest BCUT2D eigenvalue weighted by molar-refractivity contribution is 0.0601. The monoisotopic (exact) mass is 297 g/mol. The first-order valence-corrected chi connectivity index (χ1v) is 6.83. The molecule has 1 aromatic rings. The molecule has 7 heteroatoms. The maximum Gasteiger partial charge on any atom is 0.341 e. The van der Waals surface area contributed by atoms with Gasteiger partial charge >= 0.3 is 5.97 Å². The van der Waals surface area contributed by atoms with E-state index in [1.54, 1.807) is 13.2 Å². The predicted molar refractivity (Wildman–Crippen MR) is 80.4 cm³/mol. The van der Waals surface area contributed by atoms with Gasteiger partial charge in [0, 0.05) is 20.3 Å². The van der Waals surface area contributed by atoms with Crippen LogP contribution in [0.5, 0.6) is 0 Å². The van der Waals surface area contributed by atoms with Crippen molar-refractivity contribution >= 4 is 17.5 Å². The van der Waals surface area contributed by atoms with Crippen molar-refractivity contribution in [2.75, 3.05) is 51.6 Å². The van der Waals surface area contributed by atoms with E-state index in [-0.39, 0.29) is 0 Å². The van der Waals surface area contributed by atoms with Gasteiger partial charge in [0.1, 0.15) is 11.4 Å². The summed E-state index contributed by atoms with van der Waals surface area (Å²) in [6.07, 6.45) is 3.32. The molecule has 0 radical (unpaired) electrons. The van der Waals surface area contributed by atoms with E-state index in [2.05, 4.69) is 10.3 Å². The zero-order chi connectivity index (χ0) is 15.5. The van der Waals surface area contributed by atoms with Crippen LogP contribution in [0, 0.1) is 0 Å². The lowest BCUT2D eigenvalue weighted by Crippen LogP contribution is -2.12. The summed E-state index contributed by atoms with van der Waals surface area (Å²) in [6.45, 7) is 2.59. The summed E-state index contributed by atoms with van der Waals surface area (Å²) in [5, 5.41) is 3.11. The van der Waals surface area contributed by atoms with Gasteiger partial charge in [-0.3, -0.25) is 0 Å². The van der Waals surface area contributed by atoms with Crippen LogP contribution in [0.25, 0.3) is 0 Å². The van der Waals surface area contributed by atoms with Gasteiger partial charge < -0.3 is 25.3 Å². The molecule has 0 aliphatic carbocycles. The first-order chi connectivity index (χ1) is 10.2. The first kappa shape index (κ1) is 17.2. The second-order valence-corrected chi connectivity index (χ2v) is 4.40. The first-order valence-electron chi connectivity index (χ1n) is 6.83. The van der Waals surface area contributed by atoms with Gasteiger partial charge in [0.05, 0.1) is 32.2 Å². The van der Waals surface area contributed by atoms with Crippen LogP contribution < -0.4 is 11.1 Å². The van der Waals surface area contributed by atoms with Crippen molar-refractivity contribution in [1.29, 1.82) is 0 Å². The van der Waals surface area contributed by atoms with Crippen molar-refractivity contribution in [3.8, 4) is 0 Å². The standard InChI is InChI=1S/C14H23N3O4/c1-19-7-8-21-6-4-3-5-16-13-12(14(18)20-2)9-11(15)10-17-13/h9-10H,3-8,15H2,1-2H3,(H,16,17). The van der Waals surface area contributed by atoms with Crippen molar-refractivity contribution in [1.82, 2.24) is 4.98 Å². The maximum absolute atomic E-state index is 11.6. The second-order valence-electron chi connectivity index (χ2n) is 4.40. The van der Waals surface area contributed by atoms with Crippen LogP contribution in [-0.4, -0.2) is 51.5 Å². The Labute approximate surface area is 124 Å². The molecule has 0 saturated carbocycles. The number of anilines is 2. The van der Waals surface area contributed by atoms with Gasteiger partial charge in [-0.25, -0.2) is 9.78 Å². The molecule has 0 aromatic carbocycles. The molecule has 1 rings (SSSR count). The van der Waals surface area contributed by atoms with Crippen LogP contribution in [0.2, 0.25) is 0 Å². The molecular weight excluding hydrogens is 274 g/mol. The summed E-state index contributed by atoms with van der Waals surface area (Å²) in [6, 6.07) is 1.55. The van der Waals surface area contributed by atoms with Gasteiger partial charge in [0.2, 0.25) is 0 Å². The number of nitrogens with zero attached hydrogens (tertiary/aromatic N) is 1. The Morgan fingerprint density at radius 3 is 2.81 bits per heavy atom. The minimum absolute atomic E-state index is 0.342. The molecular formula is C14H23N3O4. The fraction of sp³-hybridized carbons (Fsp3) is 0.571. The molecule has 0 atom stereocenters. The van der Waals surface area contributed by atoms with Crippen LogP contribution >= 0.6 is 0 Å². The zero-order valence-corrected chi connectivity index (χ0v) is 12.6. The third kappa shape index (κ3) is 6.42. The lowest BCUT2D eigenvalue weighted by Gasteiger charge is -2.10. The number of pyridine rings is 1. The molecule has 1 aromatic heterocycles. The average molecular weight is 297 g/mol. The Morgan fingerprint density at radius 1 is 1.29 bits per heavy atom. The van der Waals surface area contributed by atoms with Crippen LogP contribution in [0.1, 0.15) is 23.2 Å². The molecule has 3 N–H and O–H groups in total. The fourth-order valence-corrected chi connectivity index (χ4v) is 1.67. The van der Waals surface area contributed by atoms with Crippen LogP contribution in [0.4, 0.5) is 11.5 Å². The summed E-state index contributed by atoms with van der Waals surface area (Å²) < 4.78 is 15.0. The second kappa shape index (κ2) is 9.95. The summed E-state index contributed by atoms with van der Waals surface area (Å²) in [5.74, 6) is 0.0246. The molecule has 7 nitrogen and oxygen atoms in total. The summed E-state index contributed by atoms with van der Waals surface area (Å²) in [5.41, 5.74) is 6.39. The highest BCUT2D eigenvalue weighted by atomic mass is 16.5. The Balaban J connectivity index is 2.33. The fourth-order valence-electron chi connectivity index (χ4n) is 1.67. The number of nitrogens with two attached hydrogens (primary N) is 1. The highest BCUT2D eigenvalue weighted by molar-refractivity contribution is 5.95. The minimum Gasteiger partial charge on any atom is -0.465 e. The maximum atomic E-state index is 11.6. The van der Waals surface area contributed by atoms with Gasteiger partial charge in [-0.15, -0.1) is 0 Å². The van der Waals surface area contributed by atoms with Crippen molar-refractivity contribution in [2.45, 2.75) is 12.8 Å². The van der Waals surface area contributed by atoms with E-state index in [0.29, 0.717) is 43.4 Å². The smallest absolute Gasteiger partial charge is 0.341 e. The van der Waals surface area contributed by atoms with Crippen molar-refractivity contribution in [3.05, 3.63) is 17.8 Å². The van der Waals surface area contributed by atoms with E-state index in [0.717, 1.165) is 12.8 Å². The minimum atomic E-state index is -0.458. The van der Waals surface area contributed by atoms with Gasteiger partial charge in [0.15, 0.2) is 0 Å². The molecule has 0 bridgehead atoms. The van der Waals surface area contributed by atoms with Gasteiger partial charge in [-0.1, -0.05) is 0 Å². The quantitative estimate of drug-likeness (QED) is 0.496. The number of ether oxygens (including phenoxy) is 3. The number of nitrogens with one attached hydrogen (secondary N) is 1. The number of unbranched alkanes of at least 4 members (excludes halogenated alkanes) is 1.